The van der Waals surface area contributed by atoms with Gasteiger partial charge in [-0.05, 0) is 42.3 Å². The highest BCUT2D eigenvalue weighted by atomic mass is 16.5. The van der Waals surface area contributed by atoms with Gasteiger partial charge in [-0.2, -0.15) is 0 Å². The monoisotopic (exact) mass is 315 g/mol. The fourth-order valence-electron chi connectivity index (χ4n) is 2.19. The third-order valence-corrected chi connectivity index (χ3v) is 3.39. The number of aromatic hydroxyl groups is 1. The summed E-state index contributed by atoms with van der Waals surface area (Å²) in [6, 6.07) is 14.4. The molecule has 0 unspecified atom stereocenters. The van der Waals surface area contributed by atoms with Crippen molar-refractivity contribution in [2.75, 3.05) is 19.7 Å². The summed E-state index contributed by atoms with van der Waals surface area (Å²) in [5, 5.41) is 21.6. The zero-order valence-corrected chi connectivity index (χ0v) is 12.9. The predicted octanol–water partition coefficient (Wildman–Crippen LogP) is 2.23. The van der Waals surface area contributed by atoms with Gasteiger partial charge < -0.3 is 20.3 Å². The highest BCUT2D eigenvalue weighted by Crippen LogP contribution is 2.15. The van der Waals surface area contributed by atoms with Crippen LogP contribution in [0.15, 0.2) is 48.5 Å². The minimum Gasteiger partial charge on any atom is -0.508 e. The Balaban J connectivity index is 1.62. The molecule has 0 amide bonds. The van der Waals surface area contributed by atoms with Gasteiger partial charge >= 0.3 is 5.97 Å². The van der Waals surface area contributed by atoms with Crippen LogP contribution in [0.5, 0.6) is 11.5 Å². The molecule has 0 spiro atoms. The van der Waals surface area contributed by atoms with Crippen molar-refractivity contribution < 1.29 is 19.7 Å². The quantitative estimate of drug-likeness (QED) is 0.619. The first kappa shape index (κ1) is 16.8. The van der Waals surface area contributed by atoms with E-state index in [1.165, 1.54) is 0 Å². The zero-order valence-electron chi connectivity index (χ0n) is 12.9. The average molecular weight is 315 g/mol. The van der Waals surface area contributed by atoms with Crippen LogP contribution in [-0.4, -0.2) is 35.9 Å². The average Bonchev–Trinajstić information content (AvgIpc) is 2.53. The standard InChI is InChI=1S/C18H21NO4/c20-17-4-2-1-3-15(17)9-10-19-11-12-23-16-7-5-14(6-8-16)13-18(21)22/h1-8,19-20H,9-13H2,(H,21,22). The van der Waals surface area contributed by atoms with Crippen LogP contribution in [0.1, 0.15) is 11.1 Å². The molecular weight excluding hydrogens is 294 g/mol. The van der Waals surface area contributed by atoms with Gasteiger partial charge in [-0.25, -0.2) is 0 Å². The van der Waals surface area contributed by atoms with Gasteiger partial charge in [-0.1, -0.05) is 30.3 Å². The molecule has 2 aromatic rings. The van der Waals surface area contributed by atoms with E-state index in [1.54, 1.807) is 30.3 Å². The molecule has 0 atom stereocenters. The van der Waals surface area contributed by atoms with E-state index in [2.05, 4.69) is 5.32 Å². The van der Waals surface area contributed by atoms with Gasteiger partial charge in [0.2, 0.25) is 0 Å². The molecule has 0 aliphatic carbocycles. The van der Waals surface area contributed by atoms with Crippen molar-refractivity contribution in [3.8, 4) is 11.5 Å². The van der Waals surface area contributed by atoms with Gasteiger partial charge in [-0.15, -0.1) is 0 Å². The number of benzene rings is 2. The van der Waals surface area contributed by atoms with Crippen molar-refractivity contribution in [3.05, 3.63) is 59.7 Å². The molecule has 0 saturated carbocycles. The normalized spacial score (nSPS) is 10.4. The molecule has 5 nitrogen and oxygen atoms in total. The lowest BCUT2D eigenvalue weighted by atomic mass is 10.1. The number of nitrogens with one attached hydrogen (secondary N) is 1. The molecule has 0 saturated heterocycles. The zero-order chi connectivity index (χ0) is 16.5. The fraction of sp³-hybridized carbons (Fsp3) is 0.278. The van der Waals surface area contributed by atoms with Gasteiger partial charge in [-0.3, -0.25) is 4.79 Å². The summed E-state index contributed by atoms with van der Waals surface area (Å²) in [7, 11) is 0. The Labute approximate surface area is 135 Å². The molecule has 0 aliphatic rings. The first-order valence-corrected chi connectivity index (χ1v) is 7.56. The number of hydrogen-bond donors (Lipinski definition) is 3. The summed E-state index contributed by atoms with van der Waals surface area (Å²) < 4.78 is 5.58. The molecule has 2 aromatic carbocycles. The molecule has 0 aromatic heterocycles. The molecule has 0 fully saturated rings. The van der Waals surface area contributed by atoms with Crippen LogP contribution in [0.25, 0.3) is 0 Å². The van der Waals surface area contributed by atoms with Crippen molar-refractivity contribution >= 4 is 5.97 Å². The maximum absolute atomic E-state index is 10.6. The second-order valence-electron chi connectivity index (χ2n) is 5.19. The van der Waals surface area contributed by atoms with Gasteiger partial charge in [0, 0.05) is 6.54 Å². The van der Waals surface area contributed by atoms with Crippen LogP contribution < -0.4 is 10.1 Å². The molecule has 23 heavy (non-hydrogen) atoms. The van der Waals surface area contributed by atoms with E-state index in [9.17, 15) is 9.90 Å². The van der Waals surface area contributed by atoms with Gasteiger partial charge in [0.05, 0.1) is 6.42 Å². The molecule has 0 aliphatic heterocycles. The summed E-state index contributed by atoms with van der Waals surface area (Å²) >= 11 is 0. The van der Waals surface area contributed by atoms with E-state index in [1.807, 2.05) is 18.2 Å². The maximum Gasteiger partial charge on any atom is 0.307 e. The highest BCUT2D eigenvalue weighted by Gasteiger charge is 2.01. The van der Waals surface area contributed by atoms with Crippen molar-refractivity contribution in [1.29, 1.82) is 0 Å². The lowest BCUT2D eigenvalue weighted by Gasteiger charge is -2.09. The van der Waals surface area contributed by atoms with E-state index >= 15 is 0 Å². The Bertz CT molecular complexity index is 625. The third-order valence-electron chi connectivity index (χ3n) is 3.39. The number of hydrogen-bond acceptors (Lipinski definition) is 4. The van der Waals surface area contributed by atoms with Gasteiger partial charge in [0.25, 0.3) is 0 Å². The number of carboxylic acids is 1. The number of aliphatic carboxylic acids is 1. The summed E-state index contributed by atoms with van der Waals surface area (Å²) in [6.07, 6.45) is 0.782. The first-order chi connectivity index (χ1) is 11.1. The maximum atomic E-state index is 10.6. The van der Waals surface area contributed by atoms with Crippen LogP contribution in [-0.2, 0) is 17.6 Å². The number of rotatable bonds is 9. The largest absolute Gasteiger partial charge is 0.508 e. The van der Waals surface area contributed by atoms with Crippen LogP contribution >= 0.6 is 0 Å². The molecular formula is C18H21NO4. The van der Waals surface area contributed by atoms with Crippen molar-refractivity contribution in [2.24, 2.45) is 0 Å². The molecule has 3 N–H and O–H groups in total. The van der Waals surface area contributed by atoms with Crippen molar-refractivity contribution in [3.63, 3.8) is 0 Å². The van der Waals surface area contributed by atoms with E-state index in [-0.39, 0.29) is 6.42 Å². The number of carboxylic acid groups (broad SMARTS) is 1. The Morgan fingerprint density at radius 1 is 1.04 bits per heavy atom. The van der Waals surface area contributed by atoms with Crippen LogP contribution in [0.2, 0.25) is 0 Å². The number of para-hydroxylation sites is 1. The Morgan fingerprint density at radius 2 is 1.78 bits per heavy atom. The molecule has 0 heterocycles. The molecule has 2 rings (SSSR count). The summed E-state index contributed by atoms with van der Waals surface area (Å²) in [6.45, 7) is 1.99. The smallest absolute Gasteiger partial charge is 0.307 e. The molecule has 122 valence electrons. The summed E-state index contributed by atoms with van der Waals surface area (Å²) in [5.41, 5.74) is 1.68. The Hall–Kier alpha value is -2.53. The van der Waals surface area contributed by atoms with Crippen LogP contribution in [0.4, 0.5) is 0 Å². The summed E-state index contributed by atoms with van der Waals surface area (Å²) in [4.78, 5) is 10.6. The van der Waals surface area contributed by atoms with Crippen LogP contribution in [0.3, 0.4) is 0 Å². The van der Waals surface area contributed by atoms with E-state index in [0.717, 1.165) is 29.8 Å². The molecule has 0 radical (unpaired) electrons. The molecule has 5 heteroatoms. The summed E-state index contributed by atoms with van der Waals surface area (Å²) in [5.74, 6) is 0.209. The Morgan fingerprint density at radius 3 is 2.48 bits per heavy atom. The topological polar surface area (TPSA) is 78.8 Å². The Kier molecular flexibility index (Phi) is 6.44. The minimum absolute atomic E-state index is 0.0220. The number of ether oxygens (including phenoxy) is 1. The van der Waals surface area contributed by atoms with Gasteiger partial charge in [0.1, 0.15) is 18.1 Å². The van der Waals surface area contributed by atoms with Crippen molar-refractivity contribution in [1.82, 2.24) is 5.32 Å². The predicted molar refractivity (Wildman–Crippen MR) is 88.0 cm³/mol. The highest BCUT2D eigenvalue weighted by molar-refractivity contribution is 5.70. The number of phenols is 1. The van der Waals surface area contributed by atoms with E-state index < -0.39 is 5.97 Å². The van der Waals surface area contributed by atoms with Crippen molar-refractivity contribution in [2.45, 2.75) is 12.8 Å². The number of carbonyl (C=O) groups is 1. The lowest BCUT2D eigenvalue weighted by Crippen LogP contribution is -2.23. The minimum atomic E-state index is -0.840. The van der Waals surface area contributed by atoms with Crippen LogP contribution in [0, 0.1) is 0 Å². The number of phenolic OH excluding ortho intramolecular Hbond substituents is 1. The first-order valence-electron chi connectivity index (χ1n) is 7.56. The van der Waals surface area contributed by atoms with E-state index in [4.69, 9.17) is 9.84 Å². The fourth-order valence-corrected chi connectivity index (χ4v) is 2.19. The second-order valence-corrected chi connectivity index (χ2v) is 5.19. The SMILES string of the molecule is O=C(O)Cc1ccc(OCCNCCc2ccccc2O)cc1. The third kappa shape index (κ3) is 6.00. The second kappa shape index (κ2) is 8.80. The lowest BCUT2D eigenvalue weighted by molar-refractivity contribution is -0.136. The molecule has 0 bridgehead atoms. The van der Waals surface area contributed by atoms with Gasteiger partial charge in [0.15, 0.2) is 0 Å². The van der Waals surface area contributed by atoms with E-state index in [0.29, 0.717) is 18.9 Å².